The van der Waals surface area contributed by atoms with Crippen molar-refractivity contribution in [2.45, 2.75) is 17.7 Å². The zero-order valence-electron chi connectivity index (χ0n) is 6.83. The van der Waals surface area contributed by atoms with E-state index >= 15 is 0 Å². The highest BCUT2D eigenvalue weighted by molar-refractivity contribution is 9.09. The number of nitrogens with zero attached hydrogens (tertiary/aromatic N) is 2. The summed E-state index contributed by atoms with van der Waals surface area (Å²) < 4.78 is 0. The monoisotopic (exact) mass is 229 g/mol. The van der Waals surface area contributed by atoms with Gasteiger partial charge in [0.1, 0.15) is 0 Å². The van der Waals surface area contributed by atoms with Gasteiger partial charge in [-0.1, -0.05) is 15.9 Å². The molecule has 0 amide bonds. The molecular formula is C8H12BrN3. The minimum atomic E-state index is 0.698. The van der Waals surface area contributed by atoms with Gasteiger partial charge < -0.3 is 9.88 Å². The molecule has 2 heterocycles. The fraction of sp³-hybridized carbons (Fsp3) is 0.625. The molecule has 4 heteroatoms. The summed E-state index contributed by atoms with van der Waals surface area (Å²) in [6.45, 7) is 2.20. The molecule has 1 aromatic heterocycles. The molecule has 1 aromatic rings. The topological polar surface area (TPSA) is 31.9 Å². The highest BCUT2D eigenvalue weighted by Gasteiger charge is 2.17. The molecule has 2 rings (SSSR count). The SMILES string of the molecule is BrC1CCN(c2ncc[nH]2)CC1. The van der Waals surface area contributed by atoms with Crippen molar-refractivity contribution < 1.29 is 0 Å². The first-order valence-corrected chi connectivity index (χ1v) is 5.16. The number of alkyl halides is 1. The Balaban J connectivity index is 1.99. The molecule has 1 saturated heterocycles. The van der Waals surface area contributed by atoms with Crippen molar-refractivity contribution in [1.82, 2.24) is 9.97 Å². The molecule has 3 nitrogen and oxygen atoms in total. The van der Waals surface area contributed by atoms with Crippen molar-refractivity contribution in [3.05, 3.63) is 12.4 Å². The lowest BCUT2D eigenvalue weighted by molar-refractivity contribution is 0.588. The standard InChI is InChI=1S/C8H12BrN3/c9-7-1-5-12(6-2-7)8-10-3-4-11-8/h3-4,7H,1-2,5-6H2,(H,10,11). The number of halogens is 1. The van der Waals surface area contributed by atoms with Gasteiger partial charge in [0.2, 0.25) is 5.95 Å². The highest BCUT2D eigenvalue weighted by Crippen LogP contribution is 2.20. The van der Waals surface area contributed by atoms with E-state index in [9.17, 15) is 0 Å². The lowest BCUT2D eigenvalue weighted by atomic mass is 10.1. The fourth-order valence-electron chi connectivity index (χ4n) is 1.49. The molecule has 1 N–H and O–H groups in total. The molecule has 0 radical (unpaired) electrons. The van der Waals surface area contributed by atoms with Crippen LogP contribution in [-0.2, 0) is 0 Å². The van der Waals surface area contributed by atoms with Crippen molar-refractivity contribution in [3.8, 4) is 0 Å². The van der Waals surface area contributed by atoms with Crippen molar-refractivity contribution >= 4 is 21.9 Å². The van der Waals surface area contributed by atoms with Crippen LogP contribution in [-0.4, -0.2) is 27.9 Å². The van der Waals surface area contributed by atoms with Gasteiger partial charge in [-0.2, -0.15) is 0 Å². The van der Waals surface area contributed by atoms with Crippen molar-refractivity contribution in [3.63, 3.8) is 0 Å². The van der Waals surface area contributed by atoms with Crippen molar-refractivity contribution in [2.75, 3.05) is 18.0 Å². The summed E-state index contributed by atoms with van der Waals surface area (Å²) in [6, 6.07) is 0. The number of anilines is 1. The second kappa shape index (κ2) is 3.47. The van der Waals surface area contributed by atoms with Crippen LogP contribution in [0.3, 0.4) is 0 Å². The Labute approximate surface area is 80.3 Å². The van der Waals surface area contributed by atoms with Crippen molar-refractivity contribution in [2.24, 2.45) is 0 Å². The molecule has 0 unspecified atom stereocenters. The lowest BCUT2D eigenvalue weighted by Crippen LogP contribution is -2.34. The minimum absolute atomic E-state index is 0.698. The van der Waals surface area contributed by atoms with E-state index in [1.54, 1.807) is 6.20 Å². The number of H-pyrrole nitrogens is 1. The number of hydrogen-bond donors (Lipinski definition) is 1. The Morgan fingerprint density at radius 1 is 1.50 bits per heavy atom. The number of aromatic amines is 1. The van der Waals surface area contributed by atoms with Gasteiger partial charge in [0, 0.05) is 30.3 Å². The van der Waals surface area contributed by atoms with E-state index in [2.05, 4.69) is 30.8 Å². The second-order valence-electron chi connectivity index (χ2n) is 3.07. The third-order valence-electron chi connectivity index (χ3n) is 2.21. The lowest BCUT2D eigenvalue weighted by Gasteiger charge is -2.28. The van der Waals surface area contributed by atoms with Gasteiger partial charge in [-0.15, -0.1) is 0 Å². The molecule has 1 aliphatic heterocycles. The quantitative estimate of drug-likeness (QED) is 0.745. The predicted octanol–water partition coefficient (Wildman–Crippen LogP) is 1.77. The number of hydrogen-bond acceptors (Lipinski definition) is 2. The van der Waals surface area contributed by atoms with Crippen LogP contribution in [0.15, 0.2) is 12.4 Å². The summed E-state index contributed by atoms with van der Waals surface area (Å²) in [5, 5.41) is 0. The Hall–Kier alpha value is -0.510. The van der Waals surface area contributed by atoms with Crippen LogP contribution in [0, 0.1) is 0 Å². The summed E-state index contributed by atoms with van der Waals surface area (Å²) in [7, 11) is 0. The van der Waals surface area contributed by atoms with Gasteiger partial charge in [-0.25, -0.2) is 4.98 Å². The molecular weight excluding hydrogens is 218 g/mol. The maximum Gasteiger partial charge on any atom is 0.202 e. The number of imidazole rings is 1. The van der Waals surface area contributed by atoms with E-state index in [0.29, 0.717) is 4.83 Å². The molecule has 0 spiro atoms. The summed E-state index contributed by atoms with van der Waals surface area (Å²) in [6.07, 6.45) is 6.09. The molecule has 0 bridgehead atoms. The van der Waals surface area contributed by atoms with E-state index < -0.39 is 0 Å². The zero-order chi connectivity index (χ0) is 8.39. The van der Waals surface area contributed by atoms with E-state index in [1.807, 2.05) is 6.20 Å². The first-order chi connectivity index (χ1) is 5.86. The van der Waals surface area contributed by atoms with Crippen LogP contribution in [0.5, 0.6) is 0 Å². The van der Waals surface area contributed by atoms with E-state index in [1.165, 1.54) is 12.8 Å². The van der Waals surface area contributed by atoms with E-state index in [-0.39, 0.29) is 0 Å². The summed E-state index contributed by atoms with van der Waals surface area (Å²) in [5.41, 5.74) is 0. The number of aromatic nitrogens is 2. The first kappa shape index (κ1) is 8.10. The molecule has 1 aliphatic rings. The molecule has 1 fully saturated rings. The Morgan fingerprint density at radius 2 is 2.25 bits per heavy atom. The maximum atomic E-state index is 4.22. The second-order valence-corrected chi connectivity index (χ2v) is 4.37. The third-order valence-corrected chi connectivity index (χ3v) is 3.12. The zero-order valence-corrected chi connectivity index (χ0v) is 8.42. The average molecular weight is 230 g/mol. The summed E-state index contributed by atoms with van der Waals surface area (Å²) in [5.74, 6) is 1.01. The molecule has 0 saturated carbocycles. The van der Waals surface area contributed by atoms with Crippen LogP contribution < -0.4 is 4.90 Å². The maximum absolute atomic E-state index is 4.22. The molecule has 66 valence electrons. The van der Waals surface area contributed by atoms with Gasteiger partial charge in [0.25, 0.3) is 0 Å². The van der Waals surface area contributed by atoms with Crippen LogP contribution in [0.2, 0.25) is 0 Å². The predicted molar refractivity (Wildman–Crippen MR) is 52.7 cm³/mol. The first-order valence-electron chi connectivity index (χ1n) is 4.24. The van der Waals surface area contributed by atoms with Crippen molar-refractivity contribution in [1.29, 1.82) is 0 Å². The molecule has 0 aromatic carbocycles. The fourth-order valence-corrected chi connectivity index (χ4v) is 1.90. The number of rotatable bonds is 1. The van der Waals surface area contributed by atoms with Crippen LogP contribution in [0.4, 0.5) is 5.95 Å². The van der Waals surface area contributed by atoms with Gasteiger partial charge in [-0.3, -0.25) is 0 Å². The largest absolute Gasteiger partial charge is 0.342 e. The molecule has 0 aliphatic carbocycles. The van der Waals surface area contributed by atoms with Crippen LogP contribution in [0.25, 0.3) is 0 Å². The molecule has 0 atom stereocenters. The summed E-state index contributed by atoms with van der Waals surface area (Å²) in [4.78, 5) is 10.3. The van der Waals surface area contributed by atoms with Crippen LogP contribution in [0.1, 0.15) is 12.8 Å². The molecule has 12 heavy (non-hydrogen) atoms. The highest BCUT2D eigenvalue weighted by atomic mass is 79.9. The Morgan fingerprint density at radius 3 is 2.83 bits per heavy atom. The smallest absolute Gasteiger partial charge is 0.202 e. The van der Waals surface area contributed by atoms with Gasteiger partial charge >= 0.3 is 0 Å². The Kier molecular flexibility index (Phi) is 2.35. The van der Waals surface area contributed by atoms with E-state index in [4.69, 9.17) is 0 Å². The van der Waals surface area contributed by atoms with Gasteiger partial charge in [-0.05, 0) is 12.8 Å². The normalized spacial score (nSPS) is 19.9. The summed E-state index contributed by atoms with van der Waals surface area (Å²) >= 11 is 3.62. The van der Waals surface area contributed by atoms with Gasteiger partial charge in [0.05, 0.1) is 0 Å². The third kappa shape index (κ3) is 1.63. The minimum Gasteiger partial charge on any atom is -0.342 e. The van der Waals surface area contributed by atoms with Crippen LogP contribution >= 0.6 is 15.9 Å². The number of piperidine rings is 1. The Bertz CT molecular complexity index is 226. The van der Waals surface area contributed by atoms with Gasteiger partial charge in [0.15, 0.2) is 0 Å². The number of nitrogens with one attached hydrogen (secondary N) is 1. The van der Waals surface area contributed by atoms with E-state index in [0.717, 1.165) is 19.0 Å². The average Bonchev–Trinajstić information content (AvgIpc) is 2.58.